The topological polar surface area (TPSA) is 62.6 Å². The first-order valence-electron chi connectivity index (χ1n) is 7.30. The van der Waals surface area contributed by atoms with Gasteiger partial charge in [-0.3, -0.25) is 19.8 Å². The monoisotopic (exact) mass is 276 g/mol. The van der Waals surface area contributed by atoms with Gasteiger partial charge in [-0.2, -0.15) is 0 Å². The van der Waals surface area contributed by atoms with Crippen molar-refractivity contribution in [3.63, 3.8) is 0 Å². The summed E-state index contributed by atoms with van der Waals surface area (Å²) in [7, 11) is 0. The zero-order chi connectivity index (χ0) is 14.1. The Labute approximate surface area is 118 Å². The van der Waals surface area contributed by atoms with Crippen LogP contribution in [-0.2, 0) is 16.1 Å². The van der Waals surface area contributed by atoms with Crippen LogP contribution in [-0.4, -0.2) is 28.8 Å². The van der Waals surface area contributed by atoms with Gasteiger partial charge < -0.3 is 4.42 Å². The molecule has 1 aliphatic heterocycles. The van der Waals surface area contributed by atoms with Crippen molar-refractivity contribution < 1.29 is 14.0 Å². The normalized spacial score (nSPS) is 24.1. The Bertz CT molecular complexity index is 517. The van der Waals surface area contributed by atoms with E-state index in [1.54, 1.807) is 0 Å². The van der Waals surface area contributed by atoms with Gasteiger partial charge in [0.25, 0.3) is 0 Å². The maximum Gasteiger partial charge on any atom is 0.247 e. The molecule has 20 heavy (non-hydrogen) atoms. The van der Waals surface area contributed by atoms with E-state index in [0.29, 0.717) is 6.54 Å². The minimum atomic E-state index is -0.395. The number of carbonyl (C=O) groups is 2. The van der Waals surface area contributed by atoms with Crippen LogP contribution in [0.2, 0.25) is 0 Å². The molecule has 1 atom stereocenters. The largest absolute Gasteiger partial charge is 0.465 e. The molecular formula is C15H20N2O3. The van der Waals surface area contributed by atoms with E-state index >= 15 is 0 Å². The average molecular weight is 276 g/mol. The molecule has 0 spiro atoms. The molecule has 1 saturated carbocycles. The smallest absolute Gasteiger partial charge is 0.247 e. The van der Waals surface area contributed by atoms with E-state index in [4.69, 9.17) is 4.42 Å². The minimum Gasteiger partial charge on any atom is -0.465 e. The lowest BCUT2D eigenvalue weighted by atomic mass is 10.2. The molecule has 1 aliphatic carbocycles. The van der Waals surface area contributed by atoms with Crippen LogP contribution in [0.15, 0.2) is 16.5 Å². The molecule has 1 aromatic rings. The quantitative estimate of drug-likeness (QED) is 0.851. The standard InChI is InChI=1S/C15H20N2O3/c1-10-6-7-12(20-10)9-16-13-8-14(18)17(15(13)19)11-4-2-3-5-11/h6-7,11,13,16H,2-5,8-9H2,1H3. The maximum absolute atomic E-state index is 12.3. The van der Waals surface area contributed by atoms with Crippen LogP contribution < -0.4 is 5.32 Å². The predicted molar refractivity (Wildman–Crippen MR) is 72.8 cm³/mol. The molecule has 1 aromatic heterocycles. The predicted octanol–water partition coefficient (Wildman–Crippen LogP) is 1.75. The lowest BCUT2D eigenvalue weighted by Gasteiger charge is -2.22. The second-order valence-electron chi connectivity index (χ2n) is 5.69. The van der Waals surface area contributed by atoms with E-state index in [0.717, 1.165) is 37.2 Å². The summed E-state index contributed by atoms with van der Waals surface area (Å²) in [4.78, 5) is 25.9. The summed E-state index contributed by atoms with van der Waals surface area (Å²) < 4.78 is 5.46. The van der Waals surface area contributed by atoms with Crippen molar-refractivity contribution in [2.24, 2.45) is 0 Å². The highest BCUT2D eigenvalue weighted by atomic mass is 16.3. The highest BCUT2D eigenvalue weighted by Gasteiger charge is 2.42. The summed E-state index contributed by atoms with van der Waals surface area (Å²) in [6.45, 7) is 2.37. The molecule has 3 rings (SSSR count). The third kappa shape index (κ3) is 2.50. The molecule has 0 radical (unpaired) electrons. The van der Waals surface area contributed by atoms with Gasteiger partial charge in [0.05, 0.1) is 19.0 Å². The number of rotatable bonds is 4. The van der Waals surface area contributed by atoms with E-state index in [9.17, 15) is 9.59 Å². The number of hydrogen-bond donors (Lipinski definition) is 1. The summed E-state index contributed by atoms with van der Waals surface area (Å²) in [5.74, 6) is 1.55. The Kier molecular flexibility index (Phi) is 3.61. The molecule has 0 aromatic carbocycles. The van der Waals surface area contributed by atoms with Crippen molar-refractivity contribution in [1.82, 2.24) is 10.2 Å². The van der Waals surface area contributed by atoms with E-state index in [1.165, 1.54) is 4.90 Å². The number of likely N-dealkylation sites (tertiary alicyclic amines) is 1. The van der Waals surface area contributed by atoms with Crippen LogP contribution in [0.5, 0.6) is 0 Å². The molecule has 1 N–H and O–H groups in total. The zero-order valence-electron chi connectivity index (χ0n) is 11.7. The zero-order valence-corrected chi connectivity index (χ0v) is 11.7. The Balaban J connectivity index is 1.60. The molecule has 2 amide bonds. The summed E-state index contributed by atoms with van der Waals surface area (Å²) >= 11 is 0. The van der Waals surface area contributed by atoms with Crippen molar-refractivity contribution >= 4 is 11.8 Å². The first kappa shape index (κ1) is 13.4. The highest BCUT2D eigenvalue weighted by molar-refractivity contribution is 6.05. The molecule has 108 valence electrons. The van der Waals surface area contributed by atoms with Crippen LogP contribution in [0.3, 0.4) is 0 Å². The van der Waals surface area contributed by atoms with Gasteiger partial charge in [-0.1, -0.05) is 12.8 Å². The molecular weight excluding hydrogens is 256 g/mol. The first-order valence-corrected chi connectivity index (χ1v) is 7.30. The van der Waals surface area contributed by atoms with Crippen LogP contribution in [0.4, 0.5) is 0 Å². The van der Waals surface area contributed by atoms with Crippen LogP contribution in [0.1, 0.15) is 43.6 Å². The summed E-state index contributed by atoms with van der Waals surface area (Å²) in [5, 5.41) is 3.14. The number of nitrogens with zero attached hydrogens (tertiary/aromatic N) is 1. The second kappa shape index (κ2) is 5.40. The lowest BCUT2D eigenvalue weighted by Crippen LogP contribution is -2.42. The van der Waals surface area contributed by atoms with Crippen LogP contribution >= 0.6 is 0 Å². The molecule has 2 aliphatic rings. The molecule has 2 heterocycles. The maximum atomic E-state index is 12.3. The Morgan fingerprint density at radius 2 is 2.05 bits per heavy atom. The van der Waals surface area contributed by atoms with Gasteiger partial charge in [0.1, 0.15) is 11.5 Å². The average Bonchev–Trinajstić information content (AvgIpc) is 3.10. The summed E-state index contributed by atoms with van der Waals surface area (Å²) in [6, 6.07) is 3.52. The first-order chi connectivity index (χ1) is 9.65. The van der Waals surface area contributed by atoms with Gasteiger partial charge in [0.15, 0.2) is 0 Å². The number of aryl methyl sites for hydroxylation is 1. The second-order valence-corrected chi connectivity index (χ2v) is 5.69. The Morgan fingerprint density at radius 3 is 2.70 bits per heavy atom. The van der Waals surface area contributed by atoms with Crippen molar-refractivity contribution in [1.29, 1.82) is 0 Å². The van der Waals surface area contributed by atoms with E-state index < -0.39 is 6.04 Å². The van der Waals surface area contributed by atoms with Crippen molar-refractivity contribution in [3.05, 3.63) is 23.7 Å². The number of furan rings is 1. The van der Waals surface area contributed by atoms with Crippen molar-refractivity contribution in [3.8, 4) is 0 Å². The molecule has 0 bridgehead atoms. The fourth-order valence-electron chi connectivity index (χ4n) is 3.16. The third-order valence-electron chi connectivity index (χ3n) is 4.19. The van der Waals surface area contributed by atoms with Gasteiger partial charge in [0.2, 0.25) is 11.8 Å². The number of imide groups is 1. The van der Waals surface area contributed by atoms with E-state index in [2.05, 4.69) is 5.32 Å². The van der Waals surface area contributed by atoms with E-state index in [-0.39, 0.29) is 24.3 Å². The number of hydrogen-bond acceptors (Lipinski definition) is 4. The van der Waals surface area contributed by atoms with Gasteiger partial charge in [-0.25, -0.2) is 0 Å². The van der Waals surface area contributed by atoms with E-state index in [1.807, 2.05) is 19.1 Å². The number of amides is 2. The van der Waals surface area contributed by atoms with Crippen molar-refractivity contribution in [2.45, 2.75) is 57.7 Å². The van der Waals surface area contributed by atoms with Crippen molar-refractivity contribution in [2.75, 3.05) is 0 Å². The fraction of sp³-hybridized carbons (Fsp3) is 0.600. The SMILES string of the molecule is Cc1ccc(CNC2CC(=O)N(C3CCCC3)C2=O)o1. The lowest BCUT2D eigenvalue weighted by molar-refractivity contribution is -0.141. The number of nitrogens with one attached hydrogen (secondary N) is 1. The van der Waals surface area contributed by atoms with Crippen LogP contribution in [0, 0.1) is 6.92 Å². The third-order valence-corrected chi connectivity index (χ3v) is 4.19. The Hall–Kier alpha value is -1.62. The molecule has 5 heteroatoms. The Morgan fingerprint density at radius 1 is 1.30 bits per heavy atom. The fourth-order valence-corrected chi connectivity index (χ4v) is 3.16. The van der Waals surface area contributed by atoms with Crippen LogP contribution in [0.25, 0.3) is 0 Å². The molecule has 2 fully saturated rings. The minimum absolute atomic E-state index is 0.0324. The molecule has 1 saturated heterocycles. The molecule has 5 nitrogen and oxygen atoms in total. The number of carbonyl (C=O) groups excluding carboxylic acids is 2. The summed E-state index contributed by atoms with van der Waals surface area (Å²) in [6.07, 6.45) is 4.43. The summed E-state index contributed by atoms with van der Waals surface area (Å²) in [5.41, 5.74) is 0. The van der Waals surface area contributed by atoms with Gasteiger partial charge >= 0.3 is 0 Å². The van der Waals surface area contributed by atoms with Gasteiger partial charge in [-0.05, 0) is 31.9 Å². The molecule has 1 unspecified atom stereocenters. The van der Waals surface area contributed by atoms with Gasteiger partial charge in [-0.15, -0.1) is 0 Å². The van der Waals surface area contributed by atoms with Gasteiger partial charge in [0, 0.05) is 6.04 Å². The highest BCUT2D eigenvalue weighted by Crippen LogP contribution is 2.28.